The number of carbonyl (C=O) groups is 2. The SMILES string of the molecule is CCCCN(CC(=O)N(Cc1ccccc1)Cc1cccs1)C(=O)COc1ccccc1. The van der Waals surface area contributed by atoms with E-state index in [0.29, 0.717) is 25.4 Å². The summed E-state index contributed by atoms with van der Waals surface area (Å²) < 4.78 is 5.64. The van der Waals surface area contributed by atoms with E-state index >= 15 is 0 Å². The average Bonchev–Trinajstić information content (AvgIpc) is 3.34. The molecule has 0 aliphatic heterocycles. The monoisotopic (exact) mass is 450 g/mol. The molecule has 0 N–H and O–H groups in total. The van der Waals surface area contributed by atoms with Crippen molar-refractivity contribution in [3.05, 3.63) is 88.6 Å². The highest BCUT2D eigenvalue weighted by Crippen LogP contribution is 2.16. The van der Waals surface area contributed by atoms with Gasteiger partial charge >= 0.3 is 0 Å². The van der Waals surface area contributed by atoms with Crippen molar-refractivity contribution < 1.29 is 14.3 Å². The third-order valence-electron chi connectivity index (χ3n) is 5.06. The van der Waals surface area contributed by atoms with Crippen LogP contribution in [0.25, 0.3) is 0 Å². The van der Waals surface area contributed by atoms with Gasteiger partial charge < -0.3 is 14.5 Å². The zero-order valence-electron chi connectivity index (χ0n) is 18.5. The van der Waals surface area contributed by atoms with Crippen LogP contribution in [0.4, 0.5) is 0 Å². The molecule has 6 heteroatoms. The third kappa shape index (κ3) is 7.54. The lowest BCUT2D eigenvalue weighted by atomic mass is 10.2. The van der Waals surface area contributed by atoms with Gasteiger partial charge in [0, 0.05) is 18.0 Å². The first kappa shape index (κ1) is 23.5. The number of hydrogen-bond acceptors (Lipinski definition) is 4. The van der Waals surface area contributed by atoms with Crippen molar-refractivity contribution in [3.63, 3.8) is 0 Å². The largest absolute Gasteiger partial charge is 0.484 e. The van der Waals surface area contributed by atoms with E-state index in [9.17, 15) is 9.59 Å². The molecule has 2 amide bonds. The Balaban J connectivity index is 1.67. The molecular formula is C26H30N2O3S. The van der Waals surface area contributed by atoms with E-state index in [2.05, 4.69) is 6.92 Å². The molecule has 1 heterocycles. The molecule has 0 unspecified atom stereocenters. The van der Waals surface area contributed by atoms with Crippen molar-refractivity contribution in [2.45, 2.75) is 32.9 Å². The van der Waals surface area contributed by atoms with Gasteiger partial charge in [0.2, 0.25) is 5.91 Å². The predicted octanol–water partition coefficient (Wildman–Crippen LogP) is 4.98. The Labute approximate surface area is 194 Å². The normalized spacial score (nSPS) is 10.5. The molecule has 32 heavy (non-hydrogen) atoms. The van der Waals surface area contributed by atoms with Crippen LogP contribution in [0.1, 0.15) is 30.2 Å². The van der Waals surface area contributed by atoms with Crippen LogP contribution < -0.4 is 4.74 Å². The van der Waals surface area contributed by atoms with E-state index in [1.165, 1.54) is 0 Å². The summed E-state index contributed by atoms with van der Waals surface area (Å²) in [6.45, 7) is 3.62. The lowest BCUT2D eigenvalue weighted by molar-refractivity contribution is -0.142. The van der Waals surface area contributed by atoms with Gasteiger partial charge in [-0.15, -0.1) is 11.3 Å². The lowest BCUT2D eigenvalue weighted by Gasteiger charge is -2.27. The Morgan fingerprint density at radius 3 is 2.22 bits per heavy atom. The number of benzene rings is 2. The molecule has 0 saturated heterocycles. The zero-order valence-corrected chi connectivity index (χ0v) is 19.3. The second-order valence-corrected chi connectivity index (χ2v) is 8.62. The van der Waals surface area contributed by atoms with Gasteiger partial charge in [-0.1, -0.05) is 67.9 Å². The molecule has 0 spiro atoms. The molecule has 0 aliphatic rings. The maximum Gasteiger partial charge on any atom is 0.260 e. The number of rotatable bonds is 12. The maximum absolute atomic E-state index is 13.3. The van der Waals surface area contributed by atoms with Crippen molar-refractivity contribution in [3.8, 4) is 5.75 Å². The number of carbonyl (C=O) groups excluding carboxylic acids is 2. The number of ether oxygens (including phenoxy) is 1. The standard InChI is InChI=1S/C26H30N2O3S/c1-2-3-16-27(26(30)21-31-23-13-8-5-9-14-23)20-25(29)28(19-24-15-10-17-32-24)18-22-11-6-4-7-12-22/h4-15,17H,2-3,16,18-21H2,1H3. The first-order chi connectivity index (χ1) is 15.7. The van der Waals surface area contributed by atoms with Crippen LogP contribution in [-0.2, 0) is 22.7 Å². The van der Waals surface area contributed by atoms with Gasteiger partial charge in [-0.25, -0.2) is 0 Å². The topological polar surface area (TPSA) is 49.9 Å². The van der Waals surface area contributed by atoms with Crippen LogP contribution in [-0.4, -0.2) is 41.3 Å². The Morgan fingerprint density at radius 2 is 1.56 bits per heavy atom. The van der Waals surface area contributed by atoms with Gasteiger partial charge in [0.05, 0.1) is 13.1 Å². The summed E-state index contributed by atoms with van der Waals surface area (Å²) in [5.74, 6) is 0.406. The van der Waals surface area contributed by atoms with Crippen molar-refractivity contribution in [1.82, 2.24) is 9.80 Å². The Morgan fingerprint density at radius 1 is 0.844 bits per heavy atom. The molecule has 0 fully saturated rings. The Kier molecular flexibility index (Phi) is 9.32. The molecule has 3 aromatic rings. The molecule has 0 radical (unpaired) electrons. The van der Waals surface area contributed by atoms with E-state index < -0.39 is 0 Å². The van der Waals surface area contributed by atoms with Gasteiger partial charge in [0.25, 0.3) is 5.91 Å². The number of unbranched alkanes of at least 4 members (excludes halogenated alkanes) is 1. The smallest absolute Gasteiger partial charge is 0.260 e. The minimum Gasteiger partial charge on any atom is -0.484 e. The molecule has 0 bridgehead atoms. The lowest BCUT2D eigenvalue weighted by Crippen LogP contribution is -2.44. The third-order valence-corrected chi connectivity index (χ3v) is 5.92. The Bertz CT molecular complexity index is 946. The van der Waals surface area contributed by atoms with E-state index in [1.807, 2.05) is 83.1 Å². The van der Waals surface area contributed by atoms with Crippen LogP contribution in [0.15, 0.2) is 78.2 Å². The van der Waals surface area contributed by atoms with Crippen molar-refractivity contribution in [2.24, 2.45) is 0 Å². The predicted molar refractivity (Wildman–Crippen MR) is 128 cm³/mol. The van der Waals surface area contributed by atoms with Crippen LogP contribution in [0.3, 0.4) is 0 Å². The fourth-order valence-corrected chi connectivity index (χ4v) is 4.00. The summed E-state index contributed by atoms with van der Waals surface area (Å²) in [5.41, 5.74) is 1.07. The summed E-state index contributed by atoms with van der Waals surface area (Å²) in [6.07, 6.45) is 1.79. The fraction of sp³-hybridized carbons (Fsp3) is 0.308. The summed E-state index contributed by atoms with van der Waals surface area (Å²) in [4.78, 5) is 30.8. The van der Waals surface area contributed by atoms with E-state index in [-0.39, 0.29) is 25.0 Å². The van der Waals surface area contributed by atoms with Gasteiger partial charge in [0.1, 0.15) is 5.75 Å². The summed E-state index contributed by atoms with van der Waals surface area (Å²) in [7, 11) is 0. The number of hydrogen-bond donors (Lipinski definition) is 0. The van der Waals surface area contributed by atoms with E-state index in [4.69, 9.17) is 4.74 Å². The molecule has 0 atom stereocenters. The summed E-state index contributed by atoms with van der Waals surface area (Å²) in [5, 5.41) is 2.01. The second-order valence-electron chi connectivity index (χ2n) is 7.59. The quantitative estimate of drug-likeness (QED) is 0.391. The van der Waals surface area contributed by atoms with Gasteiger partial charge in [-0.2, -0.15) is 0 Å². The first-order valence-electron chi connectivity index (χ1n) is 11.0. The molecule has 1 aromatic heterocycles. The van der Waals surface area contributed by atoms with Crippen molar-refractivity contribution in [2.75, 3.05) is 19.7 Å². The molecular weight excluding hydrogens is 420 g/mol. The molecule has 2 aromatic carbocycles. The molecule has 0 aliphatic carbocycles. The van der Waals surface area contributed by atoms with Gasteiger partial charge in [-0.3, -0.25) is 9.59 Å². The molecule has 3 rings (SSSR count). The fourth-order valence-electron chi connectivity index (χ4n) is 3.28. The number of thiophene rings is 1. The summed E-state index contributed by atoms with van der Waals surface area (Å²) >= 11 is 1.63. The Hall–Kier alpha value is -3.12. The molecule has 0 saturated carbocycles. The van der Waals surface area contributed by atoms with E-state index in [0.717, 1.165) is 23.3 Å². The maximum atomic E-state index is 13.3. The molecule has 5 nitrogen and oxygen atoms in total. The number of para-hydroxylation sites is 1. The summed E-state index contributed by atoms with van der Waals surface area (Å²) in [6, 6.07) is 23.2. The van der Waals surface area contributed by atoms with E-state index in [1.54, 1.807) is 16.2 Å². The van der Waals surface area contributed by atoms with Gasteiger partial charge in [-0.05, 0) is 35.6 Å². The van der Waals surface area contributed by atoms with Crippen LogP contribution in [0.5, 0.6) is 5.75 Å². The molecule has 168 valence electrons. The van der Waals surface area contributed by atoms with Crippen LogP contribution >= 0.6 is 11.3 Å². The van der Waals surface area contributed by atoms with Gasteiger partial charge in [0.15, 0.2) is 6.61 Å². The minimum atomic E-state index is -0.175. The van der Waals surface area contributed by atoms with Crippen molar-refractivity contribution in [1.29, 1.82) is 0 Å². The highest BCUT2D eigenvalue weighted by atomic mass is 32.1. The number of amides is 2. The van der Waals surface area contributed by atoms with Crippen LogP contribution in [0.2, 0.25) is 0 Å². The second kappa shape index (κ2) is 12.7. The first-order valence-corrected chi connectivity index (χ1v) is 11.8. The number of nitrogens with zero attached hydrogens (tertiary/aromatic N) is 2. The minimum absolute atomic E-state index is 0.0508. The zero-order chi connectivity index (χ0) is 22.6. The highest BCUT2D eigenvalue weighted by molar-refractivity contribution is 7.09. The highest BCUT2D eigenvalue weighted by Gasteiger charge is 2.22. The van der Waals surface area contributed by atoms with Crippen LogP contribution in [0, 0.1) is 0 Å². The van der Waals surface area contributed by atoms with Crippen molar-refractivity contribution >= 4 is 23.2 Å². The average molecular weight is 451 g/mol.